The Balaban J connectivity index is 3.46. The molecule has 31 heavy (non-hydrogen) atoms. The Kier molecular flexibility index (Phi) is 23.4. The van der Waals surface area contributed by atoms with E-state index in [0.717, 1.165) is 18.8 Å². The number of hydrogen-bond acceptors (Lipinski definition) is 6. The van der Waals surface area contributed by atoms with Gasteiger partial charge in [-0.05, 0) is 12.3 Å². The second-order valence-corrected chi connectivity index (χ2v) is 8.87. The molecule has 0 aliphatic carbocycles. The number of hydrogen-bond donors (Lipinski definition) is 2. The van der Waals surface area contributed by atoms with Crippen molar-refractivity contribution in [1.29, 1.82) is 0 Å². The molecule has 1 atom stereocenters. The van der Waals surface area contributed by atoms with Crippen LogP contribution in [0.5, 0.6) is 0 Å². The van der Waals surface area contributed by atoms with Gasteiger partial charge in [0, 0.05) is 6.42 Å². The van der Waals surface area contributed by atoms with Crippen molar-refractivity contribution in [2.24, 2.45) is 5.92 Å². The quantitative estimate of drug-likeness (QED) is 0.160. The predicted octanol–water partition coefficient (Wildman–Crippen LogP) is 5.03. The van der Waals surface area contributed by atoms with Crippen LogP contribution >= 0.6 is 0 Å². The largest absolute Gasteiger partial charge is 0.463 e. The Hall–Kier alpha value is -0.690. The van der Waals surface area contributed by atoms with Crippen molar-refractivity contribution in [2.45, 2.75) is 110 Å². The minimum Gasteiger partial charge on any atom is -0.463 e. The van der Waals surface area contributed by atoms with Crippen LogP contribution in [0.15, 0.2) is 0 Å². The van der Waals surface area contributed by atoms with Crippen LogP contribution in [0.4, 0.5) is 0 Å². The first-order valence-corrected chi connectivity index (χ1v) is 12.7. The molecular weight excluding hydrogens is 396 g/mol. The summed E-state index contributed by atoms with van der Waals surface area (Å²) in [7, 11) is 0. The zero-order valence-corrected chi connectivity index (χ0v) is 20.3. The SMILES string of the molecule is CC(C)CCCCCCCCCCCCCCC(=O)OCC(COCCO)OCCO. The molecule has 0 bridgehead atoms. The molecule has 6 nitrogen and oxygen atoms in total. The summed E-state index contributed by atoms with van der Waals surface area (Å²) in [6, 6.07) is 0. The summed E-state index contributed by atoms with van der Waals surface area (Å²) < 4.78 is 15.9. The number of rotatable bonds is 24. The molecule has 6 heteroatoms. The molecule has 0 aliphatic rings. The molecular formula is C25H50O6. The minimum absolute atomic E-state index is 0.0644. The Morgan fingerprint density at radius 3 is 1.74 bits per heavy atom. The van der Waals surface area contributed by atoms with Crippen molar-refractivity contribution in [3.05, 3.63) is 0 Å². The molecule has 1 unspecified atom stereocenters. The Labute approximate surface area is 191 Å². The van der Waals surface area contributed by atoms with E-state index in [9.17, 15) is 4.79 Å². The summed E-state index contributed by atoms with van der Waals surface area (Å²) in [5.41, 5.74) is 0. The third-order valence-electron chi connectivity index (χ3n) is 5.33. The fraction of sp³-hybridized carbons (Fsp3) is 0.960. The zero-order valence-electron chi connectivity index (χ0n) is 20.3. The van der Waals surface area contributed by atoms with E-state index in [4.69, 9.17) is 24.4 Å². The molecule has 2 N–H and O–H groups in total. The molecule has 0 heterocycles. The van der Waals surface area contributed by atoms with E-state index in [1.54, 1.807) is 0 Å². The van der Waals surface area contributed by atoms with Crippen LogP contribution in [0.3, 0.4) is 0 Å². The molecule has 0 aromatic carbocycles. The fourth-order valence-electron chi connectivity index (χ4n) is 3.49. The van der Waals surface area contributed by atoms with Gasteiger partial charge in [-0.2, -0.15) is 0 Å². The fourth-order valence-corrected chi connectivity index (χ4v) is 3.49. The highest BCUT2D eigenvalue weighted by molar-refractivity contribution is 5.69. The maximum absolute atomic E-state index is 11.9. The standard InChI is InChI=1S/C25H50O6/c1-23(2)15-13-11-9-7-5-3-4-6-8-10-12-14-16-25(28)31-22-24(30-20-18-27)21-29-19-17-26/h23-24,26-27H,3-22H2,1-2H3. The topological polar surface area (TPSA) is 85.2 Å². The maximum Gasteiger partial charge on any atom is 0.305 e. The van der Waals surface area contributed by atoms with E-state index in [1.165, 1.54) is 70.6 Å². The highest BCUT2D eigenvalue weighted by Crippen LogP contribution is 2.14. The van der Waals surface area contributed by atoms with Crippen LogP contribution in [0.25, 0.3) is 0 Å². The Morgan fingerprint density at radius 1 is 0.710 bits per heavy atom. The molecule has 0 aromatic heterocycles. The van der Waals surface area contributed by atoms with Gasteiger partial charge in [0.15, 0.2) is 0 Å². The van der Waals surface area contributed by atoms with Gasteiger partial charge in [0.05, 0.1) is 33.0 Å². The van der Waals surface area contributed by atoms with E-state index in [1.807, 2.05) is 0 Å². The average molecular weight is 447 g/mol. The summed E-state index contributed by atoms with van der Waals surface area (Å²) >= 11 is 0. The van der Waals surface area contributed by atoms with Crippen LogP contribution in [0.2, 0.25) is 0 Å². The van der Waals surface area contributed by atoms with Crippen molar-refractivity contribution in [1.82, 2.24) is 0 Å². The van der Waals surface area contributed by atoms with Gasteiger partial charge < -0.3 is 24.4 Å². The molecule has 0 saturated carbocycles. The monoisotopic (exact) mass is 446 g/mol. The lowest BCUT2D eigenvalue weighted by atomic mass is 10.0. The molecule has 0 amide bonds. The maximum atomic E-state index is 11.9. The summed E-state index contributed by atoms with van der Waals surface area (Å²) in [6.45, 7) is 5.17. The van der Waals surface area contributed by atoms with Crippen LogP contribution in [0, 0.1) is 5.92 Å². The van der Waals surface area contributed by atoms with Crippen molar-refractivity contribution in [3.63, 3.8) is 0 Å². The van der Waals surface area contributed by atoms with E-state index in [0.29, 0.717) is 6.42 Å². The average Bonchev–Trinajstić information content (AvgIpc) is 2.75. The van der Waals surface area contributed by atoms with Gasteiger partial charge in [0.2, 0.25) is 0 Å². The van der Waals surface area contributed by atoms with Gasteiger partial charge in [-0.3, -0.25) is 4.79 Å². The number of ether oxygens (including phenoxy) is 3. The highest BCUT2D eigenvalue weighted by Gasteiger charge is 2.13. The highest BCUT2D eigenvalue weighted by atomic mass is 16.6. The molecule has 0 aliphatic heterocycles. The number of carbonyl (C=O) groups is 1. The van der Waals surface area contributed by atoms with Crippen LogP contribution < -0.4 is 0 Å². The Bertz CT molecular complexity index is 375. The smallest absolute Gasteiger partial charge is 0.305 e. The van der Waals surface area contributed by atoms with Crippen LogP contribution in [-0.2, 0) is 19.0 Å². The third kappa shape index (κ3) is 23.8. The first-order valence-electron chi connectivity index (χ1n) is 12.7. The molecule has 0 aromatic rings. The van der Waals surface area contributed by atoms with Crippen molar-refractivity contribution in [3.8, 4) is 0 Å². The lowest BCUT2D eigenvalue weighted by Crippen LogP contribution is -2.28. The number of unbranched alkanes of at least 4 members (excludes halogenated alkanes) is 11. The number of aliphatic hydroxyl groups excluding tert-OH is 2. The van der Waals surface area contributed by atoms with Gasteiger partial charge >= 0.3 is 5.97 Å². The number of esters is 1. The van der Waals surface area contributed by atoms with E-state index >= 15 is 0 Å². The lowest BCUT2D eigenvalue weighted by Gasteiger charge is -2.17. The Morgan fingerprint density at radius 2 is 1.23 bits per heavy atom. The van der Waals surface area contributed by atoms with Gasteiger partial charge in [0.25, 0.3) is 0 Å². The van der Waals surface area contributed by atoms with Gasteiger partial charge in [-0.15, -0.1) is 0 Å². The summed E-state index contributed by atoms with van der Waals surface area (Å²) in [6.07, 6.45) is 16.7. The molecule has 0 radical (unpaired) electrons. The van der Waals surface area contributed by atoms with E-state index in [-0.39, 0.29) is 45.6 Å². The number of carbonyl (C=O) groups excluding carboxylic acids is 1. The first-order chi connectivity index (χ1) is 15.1. The van der Waals surface area contributed by atoms with Gasteiger partial charge in [-0.1, -0.05) is 90.9 Å². The summed E-state index contributed by atoms with van der Waals surface area (Å²) in [5, 5.41) is 17.6. The molecule has 186 valence electrons. The first kappa shape index (κ1) is 30.3. The summed E-state index contributed by atoms with van der Waals surface area (Å²) in [4.78, 5) is 11.9. The van der Waals surface area contributed by atoms with Crippen LogP contribution in [-0.4, -0.2) is 61.9 Å². The second kappa shape index (κ2) is 24.0. The van der Waals surface area contributed by atoms with Crippen molar-refractivity contribution < 1.29 is 29.2 Å². The predicted molar refractivity (Wildman–Crippen MR) is 125 cm³/mol. The number of aliphatic hydroxyl groups is 2. The molecule has 0 saturated heterocycles. The lowest BCUT2D eigenvalue weighted by molar-refractivity contribution is -0.150. The van der Waals surface area contributed by atoms with Gasteiger partial charge in [0.1, 0.15) is 12.7 Å². The molecule has 0 rings (SSSR count). The van der Waals surface area contributed by atoms with E-state index < -0.39 is 6.10 Å². The molecule has 0 fully saturated rings. The van der Waals surface area contributed by atoms with Gasteiger partial charge in [-0.25, -0.2) is 0 Å². The normalized spacial score (nSPS) is 12.4. The van der Waals surface area contributed by atoms with Crippen molar-refractivity contribution in [2.75, 3.05) is 39.6 Å². The third-order valence-corrected chi connectivity index (χ3v) is 5.33. The second-order valence-electron chi connectivity index (χ2n) is 8.87. The summed E-state index contributed by atoms with van der Waals surface area (Å²) in [5.74, 6) is 0.631. The molecule has 0 spiro atoms. The van der Waals surface area contributed by atoms with Crippen molar-refractivity contribution >= 4 is 5.97 Å². The minimum atomic E-state index is -0.414. The van der Waals surface area contributed by atoms with E-state index in [2.05, 4.69) is 13.8 Å². The zero-order chi connectivity index (χ0) is 23.0. The van der Waals surface area contributed by atoms with Crippen LogP contribution in [0.1, 0.15) is 104 Å².